The van der Waals surface area contributed by atoms with Crippen molar-refractivity contribution < 1.29 is 13.5 Å². The number of nitrogens with zero attached hydrogens (tertiary/aromatic N) is 1. The normalized spacial score (nSPS) is 22.8. The van der Waals surface area contributed by atoms with E-state index in [4.69, 9.17) is 5.73 Å². The van der Waals surface area contributed by atoms with Gasteiger partial charge in [-0.1, -0.05) is 0 Å². The van der Waals surface area contributed by atoms with Gasteiger partial charge in [-0.2, -0.15) is 4.31 Å². The minimum atomic E-state index is -3.45. The molecule has 96 valence electrons. The van der Waals surface area contributed by atoms with Crippen LogP contribution >= 0.6 is 11.3 Å². The van der Waals surface area contributed by atoms with Gasteiger partial charge in [-0.05, 0) is 25.0 Å². The number of aliphatic hydroxyl groups is 1. The standard InChI is InChI=1S/C10H16N2O3S2/c11-6-9-3-4-10(16-9)17(14,15)12-5-1-2-8(13)7-12/h3-4,8,13H,1-2,5-7,11H2. The smallest absolute Gasteiger partial charge is 0.252 e. The van der Waals surface area contributed by atoms with Crippen LogP contribution < -0.4 is 5.73 Å². The van der Waals surface area contributed by atoms with Crippen LogP contribution in [0.25, 0.3) is 0 Å². The van der Waals surface area contributed by atoms with Crippen molar-refractivity contribution in [2.45, 2.75) is 29.7 Å². The largest absolute Gasteiger partial charge is 0.392 e. The molecule has 7 heteroatoms. The fourth-order valence-corrected chi connectivity index (χ4v) is 4.78. The Bertz CT molecular complexity index is 483. The van der Waals surface area contributed by atoms with Crippen LogP contribution in [0.2, 0.25) is 0 Å². The number of nitrogens with two attached hydrogens (primary N) is 1. The van der Waals surface area contributed by atoms with Gasteiger partial charge >= 0.3 is 0 Å². The molecule has 0 amide bonds. The average molecular weight is 276 g/mol. The minimum Gasteiger partial charge on any atom is -0.392 e. The number of rotatable bonds is 3. The lowest BCUT2D eigenvalue weighted by atomic mass is 10.1. The Morgan fingerprint density at radius 1 is 1.53 bits per heavy atom. The highest BCUT2D eigenvalue weighted by atomic mass is 32.2. The van der Waals surface area contributed by atoms with Crippen LogP contribution in [0.1, 0.15) is 17.7 Å². The maximum absolute atomic E-state index is 12.2. The SMILES string of the molecule is NCc1ccc(S(=O)(=O)N2CCCC(O)C2)s1. The lowest BCUT2D eigenvalue weighted by Crippen LogP contribution is -2.41. The molecule has 1 aliphatic heterocycles. The van der Waals surface area contributed by atoms with Crippen molar-refractivity contribution >= 4 is 21.4 Å². The van der Waals surface area contributed by atoms with Gasteiger partial charge in [-0.25, -0.2) is 8.42 Å². The third-order valence-electron chi connectivity index (χ3n) is 2.79. The molecular weight excluding hydrogens is 260 g/mol. The number of piperidine rings is 1. The van der Waals surface area contributed by atoms with Gasteiger partial charge in [0.05, 0.1) is 6.10 Å². The van der Waals surface area contributed by atoms with Crippen LogP contribution in [-0.2, 0) is 16.6 Å². The number of thiophene rings is 1. The average Bonchev–Trinajstić information content (AvgIpc) is 2.78. The summed E-state index contributed by atoms with van der Waals surface area (Å²) in [5.74, 6) is 0. The summed E-state index contributed by atoms with van der Waals surface area (Å²) in [6, 6.07) is 3.32. The Morgan fingerprint density at radius 3 is 2.88 bits per heavy atom. The molecule has 0 saturated carbocycles. The zero-order chi connectivity index (χ0) is 12.5. The van der Waals surface area contributed by atoms with Crippen LogP contribution in [0, 0.1) is 0 Å². The van der Waals surface area contributed by atoms with Gasteiger partial charge in [-0.15, -0.1) is 11.3 Å². The Hall–Kier alpha value is -0.470. The zero-order valence-electron chi connectivity index (χ0n) is 9.37. The van der Waals surface area contributed by atoms with Gasteiger partial charge in [0.25, 0.3) is 10.0 Å². The maximum Gasteiger partial charge on any atom is 0.252 e. The molecule has 17 heavy (non-hydrogen) atoms. The molecule has 2 rings (SSSR count). The first kappa shape index (κ1) is 13.0. The number of hydrogen-bond donors (Lipinski definition) is 2. The molecule has 0 bridgehead atoms. The third kappa shape index (κ3) is 2.69. The first-order chi connectivity index (χ1) is 8.04. The van der Waals surface area contributed by atoms with E-state index in [0.717, 1.165) is 4.88 Å². The molecule has 1 atom stereocenters. The number of aliphatic hydroxyl groups excluding tert-OH is 1. The lowest BCUT2D eigenvalue weighted by molar-refractivity contribution is 0.108. The predicted molar refractivity (Wildman–Crippen MR) is 66.2 cm³/mol. The van der Waals surface area contributed by atoms with Crippen LogP contribution in [-0.4, -0.2) is 37.0 Å². The van der Waals surface area contributed by atoms with E-state index < -0.39 is 16.1 Å². The fourth-order valence-electron chi connectivity index (χ4n) is 1.87. The molecule has 1 aromatic rings. The van der Waals surface area contributed by atoms with E-state index in [9.17, 15) is 13.5 Å². The van der Waals surface area contributed by atoms with Gasteiger partial charge < -0.3 is 10.8 Å². The van der Waals surface area contributed by atoms with Gasteiger partial charge in [0.15, 0.2) is 0 Å². The molecule has 1 aliphatic rings. The molecule has 5 nitrogen and oxygen atoms in total. The quantitative estimate of drug-likeness (QED) is 0.834. The number of β-amino-alcohol motifs (C(OH)–C–C–N with tert-alkyl or cyclic N) is 1. The van der Waals surface area contributed by atoms with Crippen molar-refractivity contribution in [2.24, 2.45) is 5.73 Å². The lowest BCUT2D eigenvalue weighted by Gasteiger charge is -2.28. The summed E-state index contributed by atoms with van der Waals surface area (Å²) in [5.41, 5.74) is 5.47. The van der Waals surface area contributed by atoms with Crippen molar-refractivity contribution in [3.63, 3.8) is 0 Å². The van der Waals surface area contributed by atoms with E-state index in [1.165, 1.54) is 15.6 Å². The summed E-state index contributed by atoms with van der Waals surface area (Å²) in [6.45, 7) is 1.02. The number of sulfonamides is 1. The highest BCUT2D eigenvalue weighted by molar-refractivity contribution is 7.91. The van der Waals surface area contributed by atoms with Gasteiger partial charge in [0.1, 0.15) is 4.21 Å². The van der Waals surface area contributed by atoms with Gasteiger partial charge in [0, 0.05) is 24.5 Å². The zero-order valence-corrected chi connectivity index (χ0v) is 11.0. The summed E-state index contributed by atoms with van der Waals surface area (Å²) in [5, 5.41) is 9.52. The topological polar surface area (TPSA) is 83.6 Å². The molecule has 3 N–H and O–H groups in total. The summed E-state index contributed by atoms with van der Waals surface area (Å²) < 4.78 is 26.2. The van der Waals surface area contributed by atoms with E-state index >= 15 is 0 Å². The van der Waals surface area contributed by atoms with Crippen LogP contribution in [0.5, 0.6) is 0 Å². The molecule has 0 aliphatic carbocycles. The summed E-state index contributed by atoms with van der Waals surface area (Å²) in [7, 11) is -3.45. The van der Waals surface area contributed by atoms with Crippen LogP contribution in [0.4, 0.5) is 0 Å². The van der Waals surface area contributed by atoms with Crippen molar-refractivity contribution in [1.82, 2.24) is 4.31 Å². The summed E-state index contributed by atoms with van der Waals surface area (Å²) in [4.78, 5) is 0.848. The Morgan fingerprint density at radius 2 is 2.29 bits per heavy atom. The molecule has 1 aromatic heterocycles. The first-order valence-corrected chi connectivity index (χ1v) is 7.76. The highest BCUT2D eigenvalue weighted by Crippen LogP contribution is 2.26. The van der Waals surface area contributed by atoms with Crippen molar-refractivity contribution in [3.05, 3.63) is 17.0 Å². The first-order valence-electron chi connectivity index (χ1n) is 5.51. The van der Waals surface area contributed by atoms with Crippen molar-refractivity contribution in [2.75, 3.05) is 13.1 Å². The minimum absolute atomic E-state index is 0.193. The second kappa shape index (κ2) is 5.03. The second-order valence-electron chi connectivity index (χ2n) is 4.08. The molecule has 1 saturated heterocycles. The van der Waals surface area contributed by atoms with E-state index in [1.807, 2.05) is 0 Å². The maximum atomic E-state index is 12.2. The molecule has 2 heterocycles. The summed E-state index contributed by atoms with van der Waals surface area (Å²) in [6.07, 6.45) is 0.826. The van der Waals surface area contributed by atoms with E-state index in [2.05, 4.69) is 0 Å². The number of hydrogen-bond acceptors (Lipinski definition) is 5. The van der Waals surface area contributed by atoms with Gasteiger partial charge in [0.2, 0.25) is 0 Å². The van der Waals surface area contributed by atoms with Crippen LogP contribution in [0.3, 0.4) is 0 Å². The van der Waals surface area contributed by atoms with Gasteiger partial charge in [-0.3, -0.25) is 0 Å². The van der Waals surface area contributed by atoms with Crippen molar-refractivity contribution in [1.29, 1.82) is 0 Å². The van der Waals surface area contributed by atoms with E-state index in [1.54, 1.807) is 12.1 Å². The molecule has 1 unspecified atom stereocenters. The Balaban J connectivity index is 2.23. The molecular formula is C10H16N2O3S2. The fraction of sp³-hybridized carbons (Fsp3) is 0.600. The van der Waals surface area contributed by atoms with E-state index in [0.29, 0.717) is 30.1 Å². The summed E-state index contributed by atoms with van der Waals surface area (Å²) >= 11 is 1.20. The molecule has 0 radical (unpaired) electrons. The second-order valence-corrected chi connectivity index (χ2v) is 7.42. The Kier molecular flexibility index (Phi) is 3.84. The van der Waals surface area contributed by atoms with Crippen LogP contribution in [0.15, 0.2) is 16.3 Å². The molecule has 1 fully saturated rings. The highest BCUT2D eigenvalue weighted by Gasteiger charge is 2.30. The monoisotopic (exact) mass is 276 g/mol. The molecule has 0 spiro atoms. The molecule has 0 aromatic carbocycles. The van der Waals surface area contributed by atoms with E-state index in [-0.39, 0.29) is 6.54 Å². The Labute approximate surface area is 105 Å². The predicted octanol–water partition coefficient (Wildman–Crippen LogP) is 0.352. The van der Waals surface area contributed by atoms with Crippen molar-refractivity contribution in [3.8, 4) is 0 Å². The third-order valence-corrected chi connectivity index (χ3v) is 6.23.